The second-order valence-electron chi connectivity index (χ2n) is 8.65. The number of piperidine rings is 1. The van der Waals surface area contributed by atoms with Crippen molar-refractivity contribution in [3.8, 4) is 0 Å². The average molecular weight is 364 g/mol. The molecule has 2 N–H and O–H groups in total. The molecule has 2 heterocycles. The van der Waals surface area contributed by atoms with Gasteiger partial charge in [-0.25, -0.2) is 0 Å². The lowest BCUT2D eigenvalue weighted by molar-refractivity contribution is 0.158. The summed E-state index contributed by atoms with van der Waals surface area (Å²) in [6, 6.07) is 2.21. The quantitative estimate of drug-likeness (QED) is 0.415. The lowest BCUT2D eigenvalue weighted by Crippen LogP contribution is -2.45. The molecule has 1 aliphatic carbocycles. The molecule has 5 heteroatoms. The number of guanidine groups is 1. The van der Waals surface area contributed by atoms with Crippen LogP contribution in [0.1, 0.15) is 71.1 Å². The summed E-state index contributed by atoms with van der Waals surface area (Å²) in [5.74, 6) is 0.995. The predicted octanol–water partition coefficient (Wildman–Crippen LogP) is 2.82. The SMILES string of the molecule is CN=C(NCCCCN1CCCCC1C)NC1CCN(C2CCCC2)C1. The van der Waals surface area contributed by atoms with Gasteiger partial charge in [-0.2, -0.15) is 0 Å². The second kappa shape index (κ2) is 10.5. The Morgan fingerprint density at radius 1 is 1.00 bits per heavy atom. The van der Waals surface area contributed by atoms with Gasteiger partial charge >= 0.3 is 0 Å². The van der Waals surface area contributed by atoms with E-state index in [-0.39, 0.29) is 0 Å². The maximum atomic E-state index is 4.44. The Morgan fingerprint density at radius 2 is 1.81 bits per heavy atom. The van der Waals surface area contributed by atoms with Crippen LogP contribution in [0.2, 0.25) is 0 Å². The number of rotatable bonds is 7. The highest BCUT2D eigenvalue weighted by molar-refractivity contribution is 5.79. The molecule has 1 saturated carbocycles. The van der Waals surface area contributed by atoms with E-state index in [1.165, 1.54) is 90.4 Å². The third kappa shape index (κ3) is 5.85. The van der Waals surface area contributed by atoms with E-state index in [9.17, 15) is 0 Å². The Balaban J connectivity index is 1.27. The molecule has 0 bridgehead atoms. The van der Waals surface area contributed by atoms with Crippen molar-refractivity contribution in [2.45, 2.75) is 89.3 Å². The molecule has 2 saturated heterocycles. The van der Waals surface area contributed by atoms with E-state index in [2.05, 4.69) is 32.3 Å². The second-order valence-corrected chi connectivity index (χ2v) is 8.65. The molecule has 2 unspecified atom stereocenters. The average Bonchev–Trinajstić information content (AvgIpc) is 3.33. The van der Waals surface area contributed by atoms with Crippen molar-refractivity contribution < 1.29 is 0 Å². The Kier molecular flexibility index (Phi) is 8.06. The summed E-state index contributed by atoms with van der Waals surface area (Å²) in [5.41, 5.74) is 0. The maximum Gasteiger partial charge on any atom is 0.191 e. The van der Waals surface area contributed by atoms with Crippen LogP contribution in [0.3, 0.4) is 0 Å². The molecular formula is C21H41N5. The number of likely N-dealkylation sites (tertiary alicyclic amines) is 2. The van der Waals surface area contributed by atoms with Crippen molar-refractivity contribution in [1.82, 2.24) is 20.4 Å². The Hall–Kier alpha value is -0.810. The van der Waals surface area contributed by atoms with Gasteiger partial charge in [-0.3, -0.25) is 9.89 Å². The van der Waals surface area contributed by atoms with Gasteiger partial charge in [0.05, 0.1) is 0 Å². The largest absolute Gasteiger partial charge is 0.356 e. The first-order valence-electron chi connectivity index (χ1n) is 11.2. The minimum Gasteiger partial charge on any atom is -0.356 e. The zero-order valence-corrected chi connectivity index (χ0v) is 17.2. The van der Waals surface area contributed by atoms with E-state index < -0.39 is 0 Å². The minimum atomic E-state index is 0.566. The number of aliphatic imine (C=N–C) groups is 1. The first kappa shape index (κ1) is 19.9. The molecular weight excluding hydrogens is 322 g/mol. The van der Waals surface area contributed by atoms with Gasteiger partial charge in [-0.15, -0.1) is 0 Å². The fourth-order valence-corrected chi connectivity index (χ4v) is 5.03. The van der Waals surface area contributed by atoms with Crippen LogP contribution >= 0.6 is 0 Å². The molecule has 3 fully saturated rings. The summed E-state index contributed by atoms with van der Waals surface area (Å²) in [6.45, 7) is 8.43. The van der Waals surface area contributed by atoms with Gasteiger partial charge in [0.2, 0.25) is 0 Å². The summed E-state index contributed by atoms with van der Waals surface area (Å²) in [5, 5.41) is 7.18. The summed E-state index contributed by atoms with van der Waals surface area (Å²) in [4.78, 5) is 9.82. The lowest BCUT2D eigenvalue weighted by Gasteiger charge is -2.33. The number of unbranched alkanes of at least 4 members (excludes halogenated alkanes) is 1. The summed E-state index contributed by atoms with van der Waals surface area (Å²) >= 11 is 0. The van der Waals surface area contributed by atoms with Gasteiger partial charge in [-0.05, 0) is 65.0 Å². The van der Waals surface area contributed by atoms with E-state index in [1.54, 1.807) is 0 Å². The molecule has 0 aromatic heterocycles. The lowest BCUT2D eigenvalue weighted by atomic mass is 10.0. The minimum absolute atomic E-state index is 0.566. The van der Waals surface area contributed by atoms with E-state index >= 15 is 0 Å². The highest BCUT2D eigenvalue weighted by Crippen LogP contribution is 2.26. The van der Waals surface area contributed by atoms with E-state index in [0.717, 1.165) is 24.6 Å². The Morgan fingerprint density at radius 3 is 2.58 bits per heavy atom. The standard InChI is InChI=1S/C21H41N5/c1-18-9-5-7-14-25(18)15-8-6-13-23-21(22-2)24-19-12-16-26(17-19)20-10-3-4-11-20/h18-20H,3-17H2,1-2H3,(H2,22,23,24). The van der Waals surface area contributed by atoms with Crippen molar-refractivity contribution in [2.24, 2.45) is 4.99 Å². The van der Waals surface area contributed by atoms with Gasteiger partial charge in [0.15, 0.2) is 5.96 Å². The number of nitrogens with zero attached hydrogens (tertiary/aromatic N) is 3. The van der Waals surface area contributed by atoms with Gasteiger partial charge < -0.3 is 15.5 Å². The molecule has 0 spiro atoms. The summed E-state index contributed by atoms with van der Waals surface area (Å²) < 4.78 is 0. The van der Waals surface area contributed by atoms with Crippen LogP contribution in [0.5, 0.6) is 0 Å². The molecule has 26 heavy (non-hydrogen) atoms. The van der Waals surface area contributed by atoms with Crippen LogP contribution in [0.25, 0.3) is 0 Å². The molecule has 0 aromatic rings. The zero-order valence-electron chi connectivity index (χ0n) is 17.2. The van der Waals surface area contributed by atoms with Crippen LogP contribution in [-0.4, -0.2) is 73.7 Å². The van der Waals surface area contributed by atoms with E-state index in [0.29, 0.717) is 6.04 Å². The first-order chi connectivity index (χ1) is 12.8. The molecule has 5 nitrogen and oxygen atoms in total. The molecule has 3 rings (SSSR count). The predicted molar refractivity (Wildman–Crippen MR) is 111 cm³/mol. The van der Waals surface area contributed by atoms with E-state index in [4.69, 9.17) is 0 Å². The van der Waals surface area contributed by atoms with Gasteiger partial charge in [0, 0.05) is 44.8 Å². The summed E-state index contributed by atoms with van der Waals surface area (Å²) in [6.07, 6.45) is 13.6. The smallest absolute Gasteiger partial charge is 0.191 e. The third-order valence-corrected chi connectivity index (χ3v) is 6.73. The molecule has 0 amide bonds. The normalized spacial score (nSPS) is 29.4. The van der Waals surface area contributed by atoms with Crippen LogP contribution in [0, 0.1) is 0 Å². The maximum absolute atomic E-state index is 4.44. The van der Waals surface area contributed by atoms with Gasteiger partial charge in [0.25, 0.3) is 0 Å². The van der Waals surface area contributed by atoms with E-state index in [1.807, 2.05) is 7.05 Å². The monoisotopic (exact) mass is 363 g/mol. The highest BCUT2D eigenvalue weighted by Gasteiger charge is 2.30. The van der Waals surface area contributed by atoms with Gasteiger partial charge in [-0.1, -0.05) is 19.3 Å². The van der Waals surface area contributed by atoms with Crippen molar-refractivity contribution in [3.05, 3.63) is 0 Å². The van der Waals surface area contributed by atoms with Gasteiger partial charge in [0.1, 0.15) is 0 Å². The summed E-state index contributed by atoms with van der Waals surface area (Å²) in [7, 11) is 1.90. The first-order valence-corrected chi connectivity index (χ1v) is 11.2. The van der Waals surface area contributed by atoms with Crippen LogP contribution < -0.4 is 10.6 Å². The highest BCUT2D eigenvalue weighted by atomic mass is 15.3. The van der Waals surface area contributed by atoms with Crippen molar-refractivity contribution >= 4 is 5.96 Å². The zero-order chi connectivity index (χ0) is 18.2. The van der Waals surface area contributed by atoms with Crippen molar-refractivity contribution in [2.75, 3.05) is 39.8 Å². The molecule has 2 aliphatic heterocycles. The third-order valence-electron chi connectivity index (χ3n) is 6.73. The topological polar surface area (TPSA) is 42.9 Å². The molecule has 2 atom stereocenters. The number of nitrogens with one attached hydrogen (secondary N) is 2. The Bertz CT molecular complexity index is 432. The fraction of sp³-hybridized carbons (Fsp3) is 0.952. The van der Waals surface area contributed by atoms with Crippen LogP contribution in [-0.2, 0) is 0 Å². The Labute approximate surface area is 161 Å². The van der Waals surface area contributed by atoms with Crippen LogP contribution in [0.4, 0.5) is 0 Å². The number of hydrogen-bond donors (Lipinski definition) is 2. The van der Waals surface area contributed by atoms with Crippen molar-refractivity contribution in [3.63, 3.8) is 0 Å². The molecule has 150 valence electrons. The molecule has 3 aliphatic rings. The fourth-order valence-electron chi connectivity index (χ4n) is 5.03. The van der Waals surface area contributed by atoms with Crippen LogP contribution in [0.15, 0.2) is 4.99 Å². The number of hydrogen-bond acceptors (Lipinski definition) is 3. The molecule has 0 radical (unpaired) electrons. The molecule has 0 aromatic carbocycles. The van der Waals surface area contributed by atoms with Crippen molar-refractivity contribution in [1.29, 1.82) is 0 Å².